The van der Waals surface area contributed by atoms with Crippen LogP contribution in [0.1, 0.15) is 45.4 Å². The van der Waals surface area contributed by atoms with Crippen molar-refractivity contribution in [1.82, 2.24) is 19.4 Å². The number of hydrogen-bond donors (Lipinski definition) is 0. The Hall–Kier alpha value is -1.36. The number of carbonyl (C=O) groups excluding carboxylic acids is 1. The smallest absolute Gasteiger partial charge is 0.219 e. The van der Waals surface area contributed by atoms with Gasteiger partial charge in [-0.1, -0.05) is 0 Å². The first-order valence-electron chi connectivity index (χ1n) is 8.22. The van der Waals surface area contributed by atoms with Crippen molar-refractivity contribution in [3.05, 3.63) is 18.2 Å². The van der Waals surface area contributed by atoms with Crippen LogP contribution in [0.5, 0.6) is 0 Å². The number of nitrogens with zero attached hydrogens (tertiary/aromatic N) is 4. The molecule has 2 aliphatic heterocycles. The van der Waals surface area contributed by atoms with Gasteiger partial charge in [-0.3, -0.25) is 9.69 Å². The van der Waals surface area contributed by atoms with Crippen LogP contribution >= 0.6 is 0 Å². The Labute approximate surface area is 126 Å². The van der Waals surface area contributed by atoms with Crippen LogP contribution in [0.3, 0.4) is 0 Å². The van der Waals surface area contributed by atoms with E-state index in [0.29, 0.717) is 12.1 Å². The molecule has 3 heterocycles. The topological polar surface area (TPSA) is 41.4 Å². The van der Waals surface area contributed by atoms with Gasteiger partial charge in [-0.25, -0.2) is 4.98 Å². The van der Waals surface area contributed by atoms with Crippen LogP contribution < -0.4 is 0 Å². The molecule has 0 bridgehead atoms. The molecule has 2 fully saturated rings. The van der Waals surface area contributed by atoms with Crippen molar-refractivity contribution in [2.45, 2.75) is 64.7 Å². The zero-order chi connectivity index (χ0) is 14.8. The standard InChI is InChI=1S/C16H26N4O/c1-3-18-11-8-17-16(18)12-19-9-4-6-14(19)15-7-5-10-20(15)13(2)21/h8,11,14-15H,3-7,9-10,12H2,1-2H3. The molecule has 3 rings (SSSR count). The molecule has 5 nitrogen and oxygen atoms in total. The fourth-order valence-corrected chi connectivity index (χ4v) is 4.03. The molecule has 116 valence electrons. The molecular weight excluding hydrogens is 264 g/mol. The first-order chi connectivity index (χ1) is 10.2. The van der Waals surface area contributed by atoms with E-state index in [9.17, 15) is 4.79 Å². The van der Waals surface area contributed by atoms with E-state index >= 15 is 0 Å². The van der Waals surface area contributed by atoms with Crippen molar-refractivity contribution in [1.29, 1.82) is 0 Å². The lowest BCUT2D eigenvalue weighted by molar-refractivity contribution is -0.130. The molecule has 2 saturated heterocycles. The number of carbonyl (C=O) groups is 1. The highest BCUT2D eigenvalue weighted by Crippen LogP contribution is 2.30. The average molecular weight is 290 g/mol. The summed E-state index contributed by atoms with van der Waals surface area (Å²) in [4.78, 5) is 21.0. The van der Waals surface area contributed by atoms with E-state index < -0.39 is 0 Å². The molecule has 0 aliphatic carbocycles. The number of likely N-dealkylation sites (tertiary alicyclic amines) is 2. The Balaban J connectivity index is 1.72. The Morgan fingerprint density at radius 3 is 2.81 bits per heavy atom. The summed E-state index contributed by atoms with van der Waals surface area (Å²) in [5.74, 6) is 1.39. The maximum absolute atomic E-state index is 11.8. The maximum Gasteiger partial charge on any atom is 0.219 e. The fourth-order valence-electron chi connectivity index (χ4n) is 4.03. The maximum atomic E-state index is 11.8. The zero-order valence-corrected chi connectivity index (χ0v) is 13.2. The first kappa shape index (κ1) is 14.6. The van der Waals surface area contributed by atoms with Crippen LogP contribution in [0.15, 0.2) is 12.4 Å². The SMILES string of the molecule is CCn1ccnc1CN1CCCC1C1CCCN1C(C)=O. The largest absolute Gasteiger partial charge is 0.338 e. The minimum atomic E-state index is 0.236. The second kappa shape index (κ2) is 6.18. The highest BCUT2D eigenvalue weighted by atomic mass is 16.2. The normalized spacial score (nSPS) is 26.7. The minimum absolute atomic E-state index is 0.236. The number of imidazole rings is 1. The summed E-state index contributed by atoms with van der Waals surface area (Å²) in [6.07, 6.45) is 8.70. The van der Waals surface area contributed by atoms with Crippen molar-refractivity contribution < 1.29 is 4.79 Å². The monoisotopic (exact) mass is 290 g/mol. The summed E-state index contributed by atoms with van der Waals surface area (Å²) in [5, 5.41) is 0. The van der Waals surface area contributed by atoms with Crippen LogP contribution in [-0.2, 0) is 17.9 Å². The molecule has 2 aliphatic rings. The van der Waals surface area contributed by atoms with E-state index in [1.165, 1.54) is 12.8 Å². The lowest BCUT2D eigenvalue weighted by atomic mass is 10.0. The number of hydrogen-bond acceptors (Lipinski definition) is 3. The zero-order valence-electron chi connectivity index (χ0n) is 13.2. The Bertz CT molecular complexity index is 498. The van der Waals surface area contributed by atoms with Gasteiger partial charge in [-0.05, 0) is 39.2 Å². The summed E-state index contributed by atoms with van der Waals surface area (Å²) in [7, 11) is 0. The molecule has 0 saturated carbocycles. The molecule has 0 aromatic carbocycles. The quantitative estimate of drug-likeness (QED) is 0.850. The van der Waals surface area contributed by atoms with E-state index in [2.05, 4.69) is 32.5 Å². The van der Waals surface area contributed by atoms with Gasteiger partial charge in [0, 0.05) is 44.5 Å². The molecule has 1 aromatic rings. The average Bonchev–Trinajstić information content (AvgIpc) is 3.18. The molecule has 0 N–H and O–H groups in total. The number of aromatic nitrogens is 2. The Morgan fingerprint density at radius 2 is 2.05 bits per heavy atom. The minimum Gasteiger partial charge on any atom is -0.338 e. The van der Waals surface area contributed by atoms with Crippen LogP contribution in [0, 0.1) is 0 Å². The molecule has 2 unspecified atom stereocenters. The van der Waals surface area contributed by atoms with Crippen LogP contribution in [0.4, 0.5) is 0 Å². The summed E-state index contributed by atoms with van der Waals surface area (Å²) < 4.78 is 2.22. The molecule has 2 atom stereocenters. The van der Waals surface area contributed by atoms with E-state index in [1.807, 2.05) is 6.20 Å². The highest BCUT2D eigenvalue weighted by molar-refractivity contribution is 5.74. The summed E-state index contributed by atoms with van der Waals surface area (Å²) in [6, 6.07) is 0.924. The predicted octanol–water partition coefficient (Wildman–Crippen LogP) is 1.88. The fraction of sp³-hybridized carbons (Fsp3) is 0.750. The molecule has 0 radical (unpaired) electrons. The van der Waals surface area contributed by atoms with Gasteiger partial charge in [-0.2, -0.15) is 0 Å². The first-order valence-corrected chi connectivity index (χ1v) is 8.22. The molecule has 5 heteroatoms. The molecule has 21 heavy (non-hydrogen) atoms. The number of rotatable bonds is 4. The van der Waals surface area contributed by atoms with Gasteiger partial charge in [0.1, 0.15) is 5.82 Å². The predicted molar refractivity (Wildman–Crippen MR) is 81.7 cm³/mol. The molecule has 1 aromatic heterocycles. The third kappa shape index (κ3) is 2.84. The third-order valence-electron chi connectivity index (χ3n) is 5.05. The third-order valence-corrected chi connectivity index (χ3v) is 5.05. The van der Waals surface area contributed by atoms with Gasteiger partial charge >= 0.3 is 0 Å². The second-order valence-electron chi connectivity index (χ2n) is 6.23. The molecule has 0 spiro atoms. The van der Waals surface area contributed by atoms with Gasteiger partial charge in [0.15, 0.2) is 0 Å². The summed E-state index contributed by atoms with van der Waals surface area (Å²) in [6.45, 7) is 7.81. The molecule has 1 amide bonds. The Kier molecular flexibility index (Phi) is 4.29. The van der Waals surface area contributed by atoms with Crippen LogP contribution in [0.25, 0.3) is 0 Å². The Morgan fingerprint density at radius 1 is 1.29 bits per heavy atom. The van der Waals surface area contributed by atoms with Gasteiger partial charge in [0.05, 0.1) is 6.54 Å². The summed E-state index contributed by atoms with van der Waals surface area (Å²) >= 11 is 0. The number of amides is 1. The molecular formula is C16H26N4O. The highest BCUT2D eigenvalue weighted by Gasteiger charge is 2.38. The summed E-state index contributed by atoms with van der Waals surface area (Å²) in [5.41, 5.74) is 0. The van der Waals surface area contributed by atoms with Crippen molar-refractivity contribution >= 4 is 5.91 Å². The van der Waals surface area contributed by atoms with Gasteiger partial charge < -0.3 is 9.47 Å². The van der Waals surface area contributed by atoms with Crippen LogP contribution in [0.2, 0.25) is 0 Å². The van der Waals surface area contributed by atoms with Gasteiger partial charge in [0.25, 0.3) is 0 Å². The van der Waals surface area contributed by atoms with E-state index in [4.69, 9.17) is 0 Å². The lowest BCUT2D eigenvalue weighted by Gasteiger charge is -2.34. The second-order valence-corrected chi connectivity index (χ2v) is 6.23. The van der Waals surface area contributed by atoms with Crippen LogP contribution in [-0.4, -0.2) is 50.4 Å². The van der Waals surface area contributed by atoms with Crippen molar-refractivity contribution in [3.63, 3.8) is 0 Å². The van der Waals surface area contributed by atoms with E-state index in [0.717, 1.165) is 44.8 Å². The van der Waals surface area contributed by atoms with Gasteiger partial charge in [0.2, 0.25) is 5.91 Å². The van der Waals surface area contributed by atoms with Crippen molar-refractivity contribution in [2.75, 3.05) is 13.1 Å². The lowest BCUT2D eigenvalue weighted by Crippen LogP contribution is -2.47. The number of aryl methyl sites for hydroxylation is 1. The van der Waals surface area contributed by atoms with Crippen molar-refractivity contribution in [3.8, 4) is 0 Å². The van der Waals surface area contributed by atoms with Crippen molar-refractivity contribution in [2.24, 2.45) is 0 Å². The van der Waals surface area contributed by atoms with Gasteiger partial charge in [-0.15, -0.1) is 0 Å². The van der Waals surface area contributed by atoms with E-state index in [-0.39, 0.29) is 5.91 Å². The van der Waals surface area contributed by atoms with E-state index in [1.54, 1.807) is 6.92 Å².